The number of carbonyl (C=O) groups is 1. The predicted octanol–water partition coefficient (Wildman–Crippen LogP) is 3.06. The quantitative estimate of drug-likeness (QED) is 0.684. The van der Waals surface area contributed by atoms with Gasteiger partial charge in [-0.3, -0.25) is 4.79 Å². The fourth-order valence-corrected chi connectivity index (χ4v) is 3.10. The Kier molecular flexibility index (Phi) is 7.09. The van der Waals surface area contributed by atoms with Crippen LogP contribution >= 0.6 is 11.3 Å². The molecule has 0 atom stereocenters. The van der Waals surface area contributed by atoms with Crippen LogP contribution < -0.4 is 14.2 Å². The molecule has 136 valence electrons. The highest BCUT2D eigenvalue weighted by Gasteiger charge is 2.21. The van der Waals surface area contributed by atoms with Crippen molar-refractivity contribution in [2.24, 2.45) is 0 Å². The van der Waals surface area contributed by atoms with Gasteiger partial charge in [-0.15, -0.1) is 0 Å². The molecular weight excluding hydrogens is 342 g/mol. The molecule has 0 radical (unpaired) electrons. The molecule has 0 fully saturated rings. The summed E-state index contributed by atoms with van der Waals surface area (Å²) in [5.41, 5.74) is 1.56. The molecule has 1 aromatic carbocycles. The summed E-state index contributed by atoms with van der Waals surface area (Å²) in [6.45, 7) is 1.46. The van der Waals surface area contributed by atoms with Gasteiger partial charge in [-0.2, -0.15) is 11.3 Å². The fourth-order valence-electron chi connectivity index (χ4n) is 2.44. The van der Waals surface area contributed by atoms with Crippen LogP contribution in [0.5, 0.6) is 17.2 Å². The third kappa shape index (κ3) is 4.64. The van der Waals surface area contributed by atoms with E-state index in [1.165, 1.54) is 21.3 Å². The zero-order valence-electron chi connectivity index (χ0n) is 14.9. The molecule has 0 saturated heterocycles. The smallest absolute Gasteiger partial charge is 0.254 e. The maximum Gasteiger partial charge on any atom is 0.254 e. The summed E-state index contributed by atoms with van der Waals surface area (Å²) >= 11 is 1.60. The Morgan fingerprint density at radius 3 is 2.24 bits per heavy atom. The number of carbonyl (C=O) groups excluding carboxylic acids is 1. The van der Waals surface area contributed by atoms with Crippen molar-refractivity contribution in [3.63, 3.8) is 0 Å². The molecule has 1 amide bonds. The van der Waals surface area contributed by atoms with E-state index in [1.54, 1.807) is 35.5 Å². The summed E-state index contributed by atoms with van der Waals surface area (Å²) in [5, 5.41) is 4.02. The summed E-state index contributed by atoms with van der Waals surface area (Å²) in [7, 11) is 6.20. The summed E-state index contributed by atoms with van der Waals surface area (Å²) in [4.78, 5) is 14.8. The average molecular weight is 365 g/mol. The van der Waals surface area contributed by atoms with E-state index in [0.717, 1.165) is 5.56 Å². The Morgan fingerprint density at radius 1 is 1.08 bits per heavy atom. The minimum atomic E-state index is -0.123. The Balaban J connectivity index is 2.33. The lowest BCUT2D eigenvalue weighted by Crippen LogP contribution is -2.33. The highest BCUT2D eigenvalue weighted by atomic mass is 32.1. The first kappa shape index (κ1) is 19.1. The second-order valence-corrected chi connectivity index (χ2v) is 6.05. The van der Waals surface area contributed by atoms with Gasteiger partial charge >= 0.3 is 0 Å². The largest absolute Gasteiger partial charge is 0.493 e. The molecule has 7 heteroatoms. The van der Waals surface area contributed by atoms with E-state index < -0.39 is 0 Å². The standard InChI is InChI=1S/C18H23NO5S/c1-21-7-6-19(11-13-5-8-25-12-13)18(20)14-9-15(22-2)17(24-4)16(10-14)23-3/h5,8-10,12H,6-7,11H2,1-4H3. The molecule has 1 heterocycles. The lowest BCUT2D eigenvalue weighted by Gasteiger charge is -2.23. The van der Waals surface area contributed by atoms with Crippen LogP contribution in [-0.2, 0) is 11.3 Å². The Hall–Kier alpha value is -2.25. The highest BCUT2D eigenvalue weighted by molar-refractivity contribution is 7.07. The molecule has 25 heavy (non-hydrogen) atoms. The van der Waals surface area contributed by atoms with E-state index in [-0.39, 0.29) is 5.91 Å². The maximum atomic E-state index is 13.0. The van der Waals surface area contributed by atoms with Gasteiger partial charge in [0.15, 0.2) is 11.5 Å². The van der Waals surface area contributed by atoms with Gasteiger partial charge in [-0.1, -0.05) is 0 Å². The van der Waals surface area contributed by atoms with Gasteiger partial charge < -0.3 is 23.8 Å². The van der Waals surface area contributed by atoms with Gasteiger partial charge in [0.05, 0.1) is 27.9 Å². The maximum absolute atomic E-state index is 13.0. The van der Waals surface area contributed by atoms with Crippen molar-refractivity contribution in [3.05, 3.63) is 40.1 Å². The fraction of sp³-hybridized carbons (Fsp3) is 0.389. The Bertz CT molecular complexity index is 662. The number of ether oxygens (including phenoxy) is 4. The van der Waals surface area contributed by atoms with Crippen LogP contribution in [0.25, 0.3) is 0 Å². The molecule has 0 unspecified atom stereocenters. The van der Waals surface area contributed by atoms with Gasteiger partial charge in [0.25, 0.3) is 5.91 Å². The van der Waals surface area contributed by atoms with Gasteiger partial charge in [-0.25, -0.2) is 0 Å². The lowest BCUT2D eigenvalue weighted by atomic mass is 10.1. The van der Waals surface area contributed by atoms with Gasteiger partial charge in [-0.05, 0) is 34.5 Å². The van der Waals surface area contributed by atoms with Crippen molar-refractivity contribution in [1.82, 2.24) is 4.90 Å². The molecule has 0 bridgehead atoms. The SMILES string of the molecule is COCCN(Cc1ccsc1)C(=O)c1cc(OC)c(OC)c(OC)c1. The predicted molar refractivity (Wildman–Crippen MR) is 97.0 cm³/mol. The van der Waals surface area contributed by atoms with Crippen molar-refractivity contribution in [3.8, 4) is 17.2 Å². The summed E-state index contributed by atoms with van der Waals surface area (Å²) < 4.78 is 21.1. The third-order valence-electron chi connectivity index (χ3n) is 3.72. The second-order valence-electron chi connectivity index (χ2n) is 5.27. The van der Waals surface area contributed by atoms with Crippen molar-refractivity contribution in [2.45, 2.75) is 6.54 Å². The number of thiophene rings is 1. The van der Waals surface area contributed by atoms with Crippen LogP contribution in [0, 0.1) is 0 Å². The number of nitrogens with zero attached hydrogens (tertiary/aromatic N) is 1. The average Bonchev–Trinajstić information content (AvgIpc) is 3.16. The van der Waals surface area contributed by atoms with Crippen LogP contribution in [0.4, 0.5) is 0 Å². The molecule has 1 aromatic heterocycles. The van der Waals surface area contributed by atoms with E-state index >= 15 is 0 Å². The van der Waals surface area contributed by atoms with E-state index in [9.17, 15) is 4.79 Å². The molecule has 6 nitrogen and oxygen atoms in total. The van der Waals surface area contributed by atoms with Gasteiger partial charge in [0, 0.05) is 25.8 Å². The normalized spacial score (nSPS) is 10.4. The van der Waals surface area contributed by atoms with Crippen molar-refractivity contribution in [1.29, 1.82) is 0 Å². The first-order valence-corrected chi connectivity index (χ1v) is 8.68. The van der Waals surface area contributed by atoms with Crippen LogP contribution in [0.3, 0.4) is 0 Å². The molecule has 0 N–H and O–H groups in total. The Morgan fingerprint density at radius 2 is 1.76 bits per heavy atom. The number of methoxy groups -OCH3 is 4. The molecule has 0 aliphatic heterocycles. The monoisotopic (exact) mass is 365 g/mol. The second kappa shape index (κ2) is 9.29. The molecule has 2 aromatic rings. The number of amides is 1. The topological polar surface area (TPSA) is 57.2 Å². The minimum Gasteiger partial charge on any atom is -0.493 e. The van der Waals surface area contributed by atoms with Crippen LogP contribution in [0.2, 0.25) is 0 Å². The van der Waals surface area contributed by atoms with Gasteiger partial charge in [0.2, 0.25) is 5.75 Å². The first-order valence-electron chi connectivity index (χ1n) is 7.73. The Labute approximate surface area is 151 Å². The molecule has 2 rings (SSSR count). The molecule has 0 aliphatic carbocycles. The molecular formula is C18H23NO5S. The number of benzene rings is 1. The first-order chi connectivity index (χ1) is 12.1. The van der Waals surface area contributed by atoms with Crippen LogP contribution in [0.15, 0.2) is 29.0 Å². The van der Waals surface area contributed by atoms with Crippen molar-refractivity contribution in [2.75, 3.05) is 41.6 Å². The number of hydrogen-bond donors (Lipinski definition) is 0. The highest BCUT2D eigenvalue weighted by Crippen LogP contribution is 2.38. The molecule has 0 spiro atoms. The summed E-state index contributed by atoms with van der Waals surface area (Å²) in [5.74, 6) is 1.24. The molecule has 0 aliphatic rings. The number of rotatable bonds is 9. The van der Waals surface area contributed by atoms with E-state index in [1.807, 2.05) is 16.8 Å². The van der Waals surface area contributed by atoms with Crippen molar-refractivity contribution >= 4 is 17.2 Å². The van der Waals surface area contributed by atoms with Crippen molar-refractivity contribution < 1.29 is 23.7 Å². The summed E-state index contributed by atoms with van der Waals surface area (Å²) in [6, 6.07) is 5.33. The lowest BCUT2D eigenvalue weighted by molar-refractivity contribution is 0.0680. The minimum absolute atomic E-state index is 0.123. The zero-order chi connectivity index (χ0) is 18.2. The van der Waals surface area contributed by atoms with E-state index in [4.69, 9.17) is 18.9 Å². The number of hydrogen-bond acceptors (Lipinski definition) is 6. The summed E-state index contributed by atoms with van der Waals surface area (Å²) in [6.07, 6.45) is 0. The molecule has 0 saturated carbocycles. The van der Waals surface area contributed by atoms with Crippen LogP contribution in [0.1, 0.15) is 15.9 Å². The van der Waals surface area contributed by atoms with E-state index in [2.05, 4.69) is 0 Å². The van der Waals surface area contributed by atoms with Crippen LogP contribution in [-0.4, -0.2) is 52.4 Å². The van der Waals surface area contributed by atoms with Gasteiger partial charge in [0.1, 0.15) is 0 Å². The van der Waals surface area contributed by atoms with E-state index in [0.29, 0.717) is 42.5 Å². The zero-order valence-corrected chi connectivity index (χ0v) is 15.7. The third-order valence-corrected chi connectivity index (χ3v) is 4.45.